The fourth-order valence-electron chi connectivity index (χ4n) is 2.82. The molecule has 144 valence electrons. The number of carbonyl (C=O) groups excluding carboxylic acids is 2. The van der Waals surface area contributed by atoms with Gasteiger partial charge in [-0.15, -0.1) is 0 Å². The highest BCUT2D eigenvalue weighted by Gasteiger charge is 2.19. The zero-order chi connectivity index (χ0) is 20.1. The number of nitrogens with zero attached hydrogens (tertiary/aromatic N) is 2. The molecule has 3 rings (SSSR count). The van der Waals surface area contributed by atoms with Crippen LogP contribution in [0.25, 0.3) is 5.69 Å². The molecule has 7 nitrogen and oxygen atoms in total. The lowest BCUT2D eigenvalue weighted by molar-refractivity contribution is -0.142. The molecule has 0 spiro atoms. The van der Waals surface area contributed by atoms with Crippen molar-refractivity contribution in [1.82, 2.24) is 9.78 Å². The van der Waals surface area contributed by atoms with Crippen LogP contribution in [0.2, 0.25) is 0 Å². The molecule has 1 heterocycles. The van der Waals surface area contributed by atoms with Crippen molar-refractivity contribution in [2.45, 2.75) is 13.8 Å². The van der Waals surface area contributed by atoms with E-state index in [9.17, 15) is 9.59 Å². The summed E-state index contributed by atoms with van der Waals surface area (Å²) in [5, 5.41) is 7.37. The molecule has 1 amide bonds. The number of nitrogens with one attached hydrogen (secondary N) is 1. The van der Waals surface area contributed by atoms with Crippen molar-refractivity contribution in [1.29, 1.82) is 0 Å². The lowest BCUT2D eigenvalue weighted by atomic mass is 10.1. The molecule has 0 saturated carbocycles. The lowest BCUT2D eigenvalue weighted by Crippen LogP contribution is -2.14. The monoisotopic (exact) mass is 379 g/mol. The van der Waals surface area contributed by atoms with Crippen LogP contribution in [-0.2, 0) is 9.53 Å². The van der Waals surface area contributed by atoms with Crippen molar-refractivity contribution >= 4 is 17.6 Å². The maximum absolute atomic E-state index is 12.8. The van der Waals surface area contributed by atoms with E-state index in [4.69, 9.17) is 4.74 Å². The van der Waals surface area contributed by atoms with Crippen LogP contribution in [0.15, 0.2) is 54.6 Å². The number of amides is 1. The standard InChI is InChI=1S/C21H21N3O4/c1-14-20(15(2)24(23-14)17-7-5-4-6-8-17)21(26)22-16-9-11-18(12-10-16)28-13-19(25)27-3/h4-12H,13H2,1-3H3,(H,22,26). The molecular weight excluding hydrogens is 358 g/mol. The normalized spacial score (nSPS) is 10.4. The van der Waals surface area contributed by atoms with Gasteiger partial charge in [-0.2, -0.15) is 5.10 Å². The third kappa shape index (κ3) is 4.20. The van der Waals surface area contributed by atoms with E-state index in [1.165, 1.54) is 7.11 Å². The van der Waals surface area contributed by atoms with Gasteiger partial charge in [-0.3, -0.25) is 4.79 Å². The number of methoxy groups -OCH3 is 1. The first-order valence-electron chi connectivity index (χ1n) is 8.72. The average Bonchev–Trinajstić information content (AvgIpc) is 3.02. The maximum atomic E-state index is 12.8. The zero-order valence-electron chi connectivity index (χ0n) is 15.9. The number of esters is 1. The third-order valence-corrected chi connectivity index (χ3v) is 4.22. The Hall–Kier alpha value is -3.61. The number of aryl methyl sites for hydroxylation is 1. The zero-order valence-corrected chi connectivity index (χ0v) is 15.9. The quantitative estimate of drug-likeness (QED) is 0.665. The topological polar surface area (TPSA) is 82.4 Å². The second kappa shape index (κ2) is 8.39. The molecule has 0 unspecified atom stereocenters. The van der Waals surface area contributed by atoms with Crippen molar-refractivity contribution in [3.8, 4) is 11.4 Å². The molecule has 0 fully saturated rings. The molecule has 28 heavy (non-hydrogen) atoms. The molecule has 0 radical (unpaired) electrons. The number of hydrogen-bond donors (Lipinski definition) is 1. The van der Waals surface area contributed by atoms with Gasteiger partial charge in [0.2, 0.25) is 0 Å². The minimum atomic E-state index is -0.459. The summed E-state index contributed by atoms with van der Waals surface area (Å²) in [4.78, 5) is 23.9. The fraction of sp³-hybridized carbons (Fsp3) is 0.190. The minimum absolute atomic E-state index is 0.167. The Balaban J connectivity index is 1.73. The largest absolute Gasteiger partial charge is 0.482 e. The Kier molecular flexibility index (Phi) is 5.74. The number of para-hydroxylation sites is 1. The molecule has 7 heteroatoms. The molecule has 2 aromatic carbocycles. The van der Waals surface area contributed by atoms with Crippen molar-refractivity contribution in [3.63, 3.8) is 0 Å². The summed E-state index contributed by atoms with van der Waals surface area (Å²) in [7, 11) is 1.30. The van der Waals surface area contributed by atoms with E-state index in [0.717, 1.165) is 11.4 Å². The van der Waals surface area contributed by atoms with Crippen LogP contribution in [-0.4, -0.2) is 35.4 Å². The predicted molar refractivity (Wildman–Crippen MR) is 105 cm³/mol. The number of rotatable bonds is 6. The summed E-state index contributed by atoms with van der Waals surface area (Å²) >= 11 is 0. The fourth-order valence-corrected chi connectivity index (χ4v) is 2.82. The Morgan fingerprint density at radius 2 is 1.71 bits per heavy atom. The van der Waals surface area contributed by atoms with Gasteiger partial charge in [0.05, 0.1) is 29.7 Å². The summed E-state index contributed by atoms with van der Waals surface area (Å²) in [6, 6.07) is 16.4. The summed E-state index contributed by atoms with van der Waals surface area (Å²) in [5.74, 6) is -0.188. The molecule has 3 aromatic rings. The molecule has 1 N–H and O–H groups in total. The first kappa shape index (κ1) is 19.2. The summed E-state index contributed by atoms with van der Waals surface area (Å²) in [6.45, 7) is 3.51. The Bertz CT molecular complexity index is 979. The second-order valence-corrected chi connectivity index (χ2v) is 6.14. The molecule has 0 atom stereocenters. The van der Waals surface area contributed by atoms with E-state index in [-0.39, 0.29) is 12.5 Å². The minimum Gasteiger partial charge on any atom is -0.482 e. The Labute approximate surface area is 162 Å². The van der Waals surface area contributed by atoms with Crippen molar-refractivity contribution in [2.24, 2.45) is 0 Å². The van der Waals surface area contributed by atoms with Crippen molar-refractivity contribution < 1.29 is 19.1 Å². The van der Waals surface area contributed by atoms with Gasteiger partial charge in [-0.05, 0) is 50.2 Å². The highest BCUT2D eigenvalue weighted by Crippen LogP contribution is 2.21. The van der Waals surface area contributed by atoms with E-state index in [2.05, 4.69) is 15.2 Å². The molecule has 0 aliphatic carbocycles. The van der Waals surface area contributed by atoms with Gasteiger partial charge < -0.3 is 14.8 Å². The van der Waals surface area contributed by atoms with Crippen LogP contribution >= 0.6 is 0 Å². The third-order valence-electron chi connectivity index (χ3n) is 4.22. The van der Waals surface area contributed by atoms with Gasteiger partial charge in [-0.1, -0.05) is 18.2 Å². The van der Waals surface area contributed by atoms with Gasteiger partial charge >= 0.3 is 5.97 Å². The molecule has 1 aromatic heterocycles. The van der Waals surface area contributed by atoms with Crippen LogP contribution < -0.4 is 10.1 Å². The van der Waals surface area contributed by atoms with Crippen molar-refractivity contribution in [2.75, 3.05) is 19.0 Å². The van der Waals surface area contributed by atoms with Gasteiger partial charge in [0, 0.05) is 5.69 Å². The summed E-state index contributed by atoms with van der Waals surface area (Å²) in [5.41, 5.74) is 3.46. The molecular formula is C21H21N3O4. The van der Waals surface area contributed by atoms with Crippen LogP contribution in [0, 0.1) is 13.8 Å². The first-order chi connectivity index (χ1) is 13.5. The van der Waals surface area contributed by atoms with Crippen LogP contribution in [0.3, 0.4) is 0 Å². The molecule has 0 saturated heterocycles. The first-order valence-corrected chi connectivity index (χ1v) is 8.72. The number of carbonyl (C=O) groups is 2. The van der Waals surface area contributed by atoms with Crippen molar-refractivity contribution in [3.05, 3.63) is 71.5 Å². The van der Waals surface area contributed by atoms with Gasteiger partial charge in [0.25, 0.3) is 5.91 Å². The van der Waals surface area contributed by atoms with E-state index in [1.54, 1.807) is 28.9 Å². The Morgan fingerprint density at radius 3 is 2.36 bits per heavy atom. The maximum Gasteiger partial charge on any atom is 0.343 e. The average molecular weight is 379 g/mol. The number of benzene rings is 2. The van der Waals surface area contributed by atoms with E-state index in [1.807, 2.05) is 44.2 Å². The number of hydrogen-bond acceptors (Lipinski definition) is 5. The molecule has 0 aliphatic heterocycles. The van der Waals surface area contributed by atoms with Crippen LogP contribution in [0.4, 0.5) is 5.69 Å². The Morgan fingerprint density at radius 1 is 1.04 bits per heavy atom. The van der Waals surface area contributed by atoms with E-state index >= 15 is 0 Å². The number of aromatic nitrogens is 2. The second-order valence-electron chi connectivity index (χ2n) is 6.14. The van der Waals surface area contributed by atoms with Gasteiger partial charge in [0.1, 0.15) is 5.75 Å². The van der Waals surface area contributed by atoms with Crippen LogP contribution in [0.5, 0.6) is 5.75 Å². The smallest absolute Gasteiger partial charge is 0.343 e. The van der Waals surface area contributed by atoms with Crippen LogP contribution in [0.1, 0.15) is 21.7 Å². The number of anilines is 1. The summed E-state index contributed by atoms with van der Waals surface area (Å²) < 4.78 is 11.6. The molecule has 0 aliphatic rings. The van der Waals surface area contributed by atoms with E-state index < -0.39 is 5.97 Å². The number of ether oxygens (including phenoxy) is 2. The van der Waals surface area contributed by atoms with Gasteiger partial charge in [0.15, 0.2) is 6.61 Å². The van der Waals surface area contributed by atoms with Gasteiger partial charge in [-0.25, -0.2) is 9.48 Å². The SMILES string of the molecule is COC(=O)COc1ccc(NC(=O)c2c(C)nn(-c3ccccc3)c2C)cc1. The lowest BCUT2D eigenvalue weighted by Gasteiger charge is -2.08. The molecule has 0 bridgehead atoms. The van der Waals surface area contributed by atoms with E-state index in [0.29, 0.717) is 22.7 Å². The summed E-state index contributed by atoms with van der Waals surface area (Å²) in [6.07, 6.45) is 0. The highest BCUT2D eigenvalue weighted by molar-refractivity contribution is 6.06. The predicted octanol–water partition coefficient (Wildman–Crippen LogP) is 3.29. The highest BCUT2D eigenvalue weighted by atomic mass is 16.6.